The lowest BCUT2D eigenvalue weighted by Gasteiger charge is -2.47. The highest BCUT2D eigenvalue weighted by atomic mass is 16.6. The minimum Gasteiger partial charge on any atom is -0.504 e. The number of piperazine rings is 1. The molecular weight excluding hydrogens is 342 g/mol. The highest BCUT2D eigenvalue weighted by molar-refractivity contribution is 6.59. The average Bonchev–Trinajstić information content (AvgIpc) is 2.58. The highest BCUT2D eigenvalue weighted by Crippen LogP contribution is 2.27. The molecule has 0 unspecified atom stereocenters. The van der Waals surface area contributed by atoms with Crippen LogP contribution in [0, 0.1) is 0 Å². The van der Waals surface area contributed by atoms with E-state index in [4.69, 9.17) is 9.47 Å². The fourth-order valence-electron chi connectivity index (χ4n) is 3.53. The molecule has 1 N–H and O–H groups in total. The second-order valence-corrected chi connectivity index (χ2v) is 9.76. The molecule has 0 atom stereocenters. The van der Waals surface area contributed by atoms with Crippen molar-refractivity contribution in [2.75, 3.05) is 51.2 Å². The third-order valence-corrected chi connectivity index (χ3v) is 5.64. The van der Waals surface area contributed by atoms with Gasteiger partial charge in [-0.15, -0.1) is 0 Å². The van der Waals surface area contributed by atoms with E-state index in [0.29, 0.717) is 0 Å². The first kappa shape index (κ1) is 23.4. The molecule has 1 fully saturated rings. The second-order valence-electron chi connectivity index (χ2n) is 9.76. The summed E-state index contributed by atoms with van der Waals surface area (Å²) in [5, 5.41) is 2.13. The Hall–Kier alpha value is -0.845. The summed E-state index contributed by atoms with van der Waals surface area (Å²) < 4.78 is 12.6. The smallest absolute Gasteiger partial charge is 0.148 e. The topological polar surface area (TPSA) is 37.0 Å². The molecule has 1 aromatic carbocycles. The predicted molar refractivity (Wildman–Crippen MR) is 139 cm³/mol. The van der Waals surface area contributed by atoms with E-state index < -0.39 is 10.8 Å². The minimum atomic E-state index is -0.458. The van der Waals surface area contributed by atoms with Crippen molar-refractivity contribution >= 4 is 60.6 Å². The Morgan fingerprint density at radius 3 is 1.96 bits per heavy atom. The predicted octanol–water partition coefficient (Wildman–Crippen LogP) is -6.23. The number of hydrogen-bond donors (Lipinski definition) is 1. The lowest BCUT2D eigenvalue weighted by atomic mass is 9.40. The molecule has 12 heteroatoms. The Bertz CT molecular complexity index is 618. The normalized spacial score (nSPS) is 16.8. The first-order valence-electron chi connectivity index (χ1n) is 10.5. The van der Waals surface area contributed by atoms with Gasteiger partial charge in [-0.2, -0.15) is 0 Å². The van der Waals surface area contributed by atoms with Crippen LogP contribution in [-0.2, 0) is 4.74 Å². The first-order valence-corrected chi connectivity index (χ1v) is 10.5. The number of likely N-dealkylation sites (N-methyl/N-ethyl adjacent to an activating group) is 1. The third kappa shape index (κ3) is 6.60. The lowest BCUT2D eigenvalue weighted by molar-refractivity contribution is 0.00241. The van der Waals surface area contributed by atoms with Crippen LogP contribution in [-0.4, -0.2) is 122 Å². The Morgan fingerprint density at radius 2 is 1.46 bits per heavy atom. The number of hydrogen-bond acceptors (Lipinski definition) is 5. The summed E-state index contributed by atoms with van der Waals surface area (Å²) in [5.41, 5.74) is 1.27. The molecule has 1 aliphatic heterocycles. The van der Waals surface area contributed by atoms with Crippen LogP contribution >= 0.6 is 0 Å². The van der Waals surface area contributed by atoms with Crippen LogP contribution in [0.2, 0.25) is 0 Å². The van der Waals surface area contributed by atoms with Crippen LogP contribution in [0.4, 0.5) is 5.69 Å². The molecule has 2 rings (SSSR count). The Kier molecular flexibility index (Phi) is 7.79. The Balaban J connectivity index is 1.95. The van der Waals surface area contributed by atoms with Gasteiger partial charge >= 0.3 is 0 Å². The van der Waals surface area contributed by atoms with Gasteiger partial charge in [0.2, 0.25) is 0 Å². The fraction of sp³-hybridized carbons (Fsp3) is 0.625. The van der Waals surface area contributed by atoms with Gasteiger partial charge in [0, 0.05) is 50.4 Å². The van der Waals surface area contributed by atoms with Crippen molar-refractivity contribution in [3.63, 3.8) is 0 Å². The zero-order valence-corrected chi connectivity index (χ0v) is 19.3. The number of nitrogens with zero attached hydrogens (tertiary/aromatic N) is 2. The molecule has 0 radical (unpaired) electrons. The van der Waals surface area contributed by atoms with Crippen LogP contribution in [0.25, 0.3) is 0 Å². The van der Waals surface area contributed by atoms with Crippen molar-refractivity contribution in [3.8, 4) is 5.75 Å². The van der Waals surface area contributed by atoms with Gasteiger partial charge in [-0.1, -0.05) is 0 Å². The van der Waals surface area contributed by atoms with E-state index in [1.54, 1.807) is 0 Å². The summed E-state index contributed by atoms with van der Waals surface area (Å²) in [6, 6.07) is 8.51. The van der Waals surface area contributed by atoms with Gasteiger partial charge in [0.1, 0.15) is 60.7 Å². The molecule has 1 saturated heterocycles. The van der Waals surface area contributed by atoms with Gasteiger partial charge in [0.15, 0.2) is 0 Å². The van der Waals surface area contributed by atoms with E-state index in [1.165, 1.54) is 5.69 Å². The second kappa shape index (κ2) is 9.31. The monoisotopic (exact) mass is 377 g/mol. The number of anilines is 1. The summed E-state index contributed by atoms with van der Waals surface area (Å²) in [6.07, 6.45) is 0. The van der Waals surface area contributed by atoms with E-state index in [1.807, 2.05) is 7.05 Å². The summed E-state index contributed by atoms with van der Waals surface area (Å²) in [4.78, 5) is 4.97. The van der Waals surface area contributed by atoms with Crippen molar-refractivity contribution in [2.45, 2.75) is 16.1 Å². The molecule has 0 bridgehead atoms. The van der Waals surface area contributed by atoms with E-state index >= 15 is 0 Å². The molecule has 0 aliphatic carbocycles. The van der Waals surface area contributed by atoms with Crippen molar-refractivity contribution in [1.29, 1.82) is 0 Å². The largest absolute Gasteiger partial charge is 0.504 e. The van der Waals surface area contributed by atoms with E-state index in [0.717, 1.165) is 45.0 Å². The number of rotatable bonds is 9. The molecule has 146 valence electrons. The summed E-state index contributed by atoms with van der Waals surface area (Å²) in [6.45, 7) is 6.55. The van der Waals surface area contributed by atoms with Crippen molar-refractivity contribution < 1.29 is 9.47 Å². The van der Waals surface area contributed by atoms with Crippen molar-refractivity contribution in [1.82, 2.24) is 10.2 Å². The highest BCUT2D eigenvalue weighted by Gasteiger charge is 2.41. The Morgan fingerprint density at radius 1 is 0.893 bits per heavy atom. The maximum Gasteiger partial charge on any atom is 0.148 e. The molecule has 0 amide bonds. The Labute approximate surface area is 177 Å². The zero-order chi connectivity index (χ0) is 21.0. The van der Waals surface area contributed by atoms with Crippen LogP contribution in [0.15, 0.2) is 24.3 Å². The van der Waals surface area contributed by atoms with Crippen LogP contribution in [0.1, 0.15) is 0 Å². The molecule has 28 heavy (non-hydrogen) atoms. The molecule has 5 nitrogen and oxygen atoms in total. The number of benzene rings is 1. The van der Waals surface area contributed by atoms with Crippen molar-refractivity contribution in [2.24, 2.45) is 0 Å². The van der Waals surface area contributed by atoms with Gasteiger partial charge in [-0.25, -0.2) is 0 Å². The average molecular weight is 376 g/mol. The molecule has 1 heterocycles. The minimum absolute atomic E-state index is 0.219. The van der Waals surface area contributed by atoms with Crippen LogP contribution < -0.4 is 15.0 Å². The molecule has 0 aromatic heterocycles. The molecular formula is C16H34B7N3O2. The summed E-state index contributed by atoms with van der Waals surface area (Å²) in [7, 11) is 16.6. The van der Waals surface area contributed by atoms with Gasteiger partial charge in [0.05, 0.1) is 5.40 Å². The molecule has 0 spiro atoms. The summed E-state index contributed by atoms with van der Waals surface area (Å²) >= 11 is 0. The van der Waals surface area contributed by atoms with Crippen molar-refractivity contribution in [3.05, 3.63) is 24.3 Å². The van der Waals surface area contributed by atoms with E-state index in [9.17, 15) is 0 Å². The van der Waals surface area contributed by atoms with Crippen LogP contribution in [0.5, 0.6) is 5.75 Å². The SMILES string of the molecule is BC(B)(B)OC(B)(B)C(B)(B)Oc1ccc(N2CCN(CCNC)CC2)cc1. The molecule has 1 aliphatic rings. The van der Waals surface area contributed by atoms with Gasteiger partial charge in [-0.05, 0) is 36.6 Å². The molecule has 1 aromatic rings. The first-order chi connectivity index (χ1) is 12.9. The maximum absolute atomic E-state index is 6.36. The fourth-order valence-corrected chi connectivity index (χ4v) is 3.53. The lowest BCUT2D eigenvalue weighted by Crippen LogP contribution is -2.65. The van der Waals surface area contributed by atoms with E-state index in [-0.39, 0.29) is 5.30 Å². The third-order valence-electron chi connectivity index (χ3n) is 5.64. The standard InChI is InChI=1S/C16H34B7N3O2/c1-24-6-7-25-8-10-26(11-9-25)12-2-4-13(5-3-12)27-14(17,18)15(19,20)28-16(21,22)23/h2-5,24H,6-11,17-23H2,1H3. The number of nitrogens with one attached hydrogen (secondary N) is 1. The quantitative estimate of drug-likeness (QED) is 0.435. The number of ether oxygens (including phenoxy) is 2. The summed E-state index contributed by atoms with van der Waals surface area (Å²) in [5.74, 6) is 0.881. The van der Waals surface area contributed by atoms with Gasteiger partial charge in [0.25, 0.3) is 0 Å². The maximum atomic E-state index is 6.36. The van der Waals surface area contributed by atoms with Crippen LogP contribution in [0.3, 0.4) is 0 Å². The van der Waals surface area contributed by atoms with Gasteiger partial charge < -0.3 is 19.7 Å². The van der Waals surface area contributed by atoms with Gasteiger partial charge in [-0.3, -0.25) is 4.90 Å². The molecule has 0 saturated carbocycles. The van der Waals surface area contributed by atoms with E-state index in [2.05, 4.69) is 94.3 Å². The zero-order valence-electron chi connectivity index (χ0n) is 19.3.